The first-order chi connectivity index (χ1) is 13.2. The minimum absolute atomic E-state index is 0.00150. The number of carbonyl (C=O) groups is 1. The normalized spacial score (nSPS) is 11.0. The molecular weight excluding hydrogens is 358 g/mol. The van der Waals surface area contributed by atoms with E-state index in [1.165, 1.54) is 11.8 Å². The molecule has 0 saturated carbocycles. The number of hydrogen-bond acceptors (Lipinski definition) is 4. The highest BCUT2D eigenvalue weighted by Crippen LogP contribution is 2.27. The molecule has 1 amide bonds. The van der Waals surface area contributed by atoms with Crippen LogP contribution in [-0.4, -0.2) is 31.4 Å². The Balaban J connectivity index is 1.30. The highest BCUT2D eigenvalue weighted by Gasteiger charge is 2.08. The zero-order valence-electron chi connectivity index (χ0n) is 14.8. The van der Waals surface area contributed by atoms with E-state index >= 15 is 0 Å². The summed E-state index contributed by atoms with van der Waals surface area (Å²) in [4.78, 5) is 20.9. The molecule has 4 rings (SSSR count). The smallest absolute Gasteiger partial charge is 0.230 e. The van der Waals surface area contributed by atoms with Crippen LogP contribution >= 0.6 is 11.8 Å². The van der Waals surface area contributed by atoms with Crippen LogP contribution in [-0.2, 0) is 18.4 Å². The van der Waals surface area contributed by atoms with Crippen molar-refractivity contribution >= 4 is 28.6 Å². The third-order valence-electron chi connectivity index (χ3n) is 4.23. The average molecular weight is 377 g/mol. The Labute approximate surface area is 161 Å². The molecule has 0 atom stereocenters. The summed E-state index contributed by atoms with van der Waals surface area (Å²) in [6, 6.07) is 12.0. The van der Waals surface area contributed by atoms with Gasteiger partial charge in [-0.2, -0.15) is 5.10 Å². The van der Waals surface area contributed by atoms with Crippen LogP contribution < -0.4 is 5.32 Å². The fraction of sp³-hybridized carbons (Fsp3) is 0.150. The Morgan fingerprint density at radius 2 is 2.11 bits per heavy atom. The molecule has 0 aliphatic heterocycles. The molecule has 6 nitrogen and oxygen atoms in total. The number of carbonyl (C=O) groups excluding carboxylic acids is 1. The van der Waals surface area contributed by atoms with Gasteiger partial charge in [0.15, 0.2) is 0 Å². The van der Waals surface area contributed by atoms with E-state index in [4.69, 9.17) is 0 Å². The second kappa shape index (κ2) is 7.67. The average Bonchev–Trinajstić information content (AvgIpc) is 3.31. The molecule has 0 fully saturated rings. The first kappa shape index (κ1) is 17.4. The summed E-state index contributed by atoms with van der Waals surface area (Å²) in [5.41, 5.74) is 3.89. The van der Waals surface area contributed by atoms with Gasteiger partial charge in [-0.05, 0) is 17.7 Å². The van der Waals surface area contributed by atoms with Crippen LogP contribution in [0.5, 0.6) is 0 Å². The lowest BCUT2D eigenvalue weighted by molar-refractivity contribution is -0.118. The van der Waals surface area contributed by atoms with Gasteiger partial charge in [0.05, 0.1) is 17.6 Å². The number of H-pyrrole nitrogens is 1. The molecule has 136 valence electrons. The van der Waals surface area contributed by atoms with Crippen molar-refractivity contribution in [3.8, 4) is 11.3 Å². The maximum atomic E-state index is 12.2. The number of aryl methyl sites for hydroxylation is 1. The molecule has 0 bridgehead atoms. The summed E-state index contributed by atoms with van der Waals surface area (Å²) in [5, 5.41) is 8.24. The van der Waals surface area contributed by atoms with Crippen LogP contribution in [0.4, 0.5) is 0 Å². The van der Waals surface area contributed by atoms with Crippen LogP contribution in [0.2, 0.25) is 0 Å². The van der Waals surface area contributed by atoms with Gasteiger partial charge in [-0.25, -0.2) is 0 Å². The Bertz CT molecular complexity index is 1070. The van der Waals surface area contributed by atoms with E-state index in [9.17, 15) is 4.79 Å². The number of aromatic amines is 1. The standard InChI is InChI=1S/C20H19N5OS/c1-25-12-15(10-24-25)17-7-6-14(8-21-17)9-23-20(26)13-27-19-11-22-18-5-3-2-4-16(18)19/h2-8,10-12,22H,9,13H2,1H3,(H,23,26). The van der Waals surface area contributed by atoms with Crippen LogP contribution in [0.15, 0.2) is 66.1 Å². The van der Waals surface area contributed by atoms with Crippen LogP contribution in [0.25, 0.3) is 22.2 Å². The summed E-state index contributed by atoms with van der Waals surface area (Å²) < 4.78 is 1.75. The molecule has 27 heavy (non-hydrogen) atoms. The molecule has 7 heteroatoms. The van der Waals surface area contributed by atoms with Gasteiger partial charge < -0.3 is 10.3 Å². The molecule has 4 aromatic rings. The summed E-state index contributed by atoms with van der Waals surface area (Å²) in [6.07, 6.45) is 7.44. The lowest BCUT2D eigenvalue weighted by Crippen LogP contribution is -2.24. The summed E-state index contributed by atoms with van der Waals surface area (Å²) in [7, 11) is 1.88. The van der Waals surface area contributed by atoms with Crippen molar-refractivity contribution in [2.75, 3.05) is 5.75 Å². The molecule has 3 heterocycles. The minimum atomic E-state index is 0.00150. The number of benzene rings is 1. The van der Waals surface area contributed by atoms with Crippen molar-refractivity contribution in [1.82, 2.24) is 25.1 Å². The number of nitrogens with zero attached hydrogens (tertiary/aromatic N) is 3. The van der Waals surface area contributed by atoms with E-state index in [2.05, 4.69) is 26.4 Å². The van der Waals surface area contributed by atoms with Gasteiger partial charge in [0, 0.05) is 53.5 Å². The van der Waals surface area contributed by atoms with Gasteiger partial charge in [-0.3, -0.25) is 14.5 Å². The van der Waals surface area contributed by atoms with E-state index < -0.39 is 0 Å². The van der Waals surface area contributed by atoms with Gasteiger partial charge in [0.2, 0.25) is 5.91 Å². The molecular formula is C20H19N5OS. The minimum Gasteiger partial charge on any atom is -0.360 e. The first-order valence-corrected chi connectivity index (χ1v) is 9.57. The molecule has 0 aliphatic rings. The monoisotopic (exact) mass is 377 g/mol. The van der Waals surface area contributed by atoms with Crippen molar-refractivity contribution in [1.29, 1.82) is 0 Å². The molecule has 0 spiro atoms. The van der Waals surface area contributed by atoms with Crippen molar-refractivity contribution in [2.45, 2.75) is 11.4 Å². The van der Waals surface area contributed by atoms with Crippen molar-refractivity contribution in [3.63, 3.8) is 0 Å². The van der Waals surface area contributed by atoms with E-state index in [0.29, 0.717) is 12.3 Å². The molecule has 2 N–H and O–H groups in total. The predicted octanol–water partition coefficient (Wildman–Crippen LogP) is 3.37. The summed E-state index contributed by atoms with van der Waals surface area (Å²) in [6.45, 7) is 0.466. The number of aromatic nitrogens is 4. The maximum Gasteiger partial charge on any atom is 0.230 e. The van der Waals surface area contributed by atoms with Crippen LogP contribution in [0.1, 0.15) is 5.56 Å². The molecule has 0 aliphatic carbocycles. The first-order valence-electron chi connectivity index (χ1n) is 8.58. The van der Waals surface area contributed by atoms with Crippen molar-refractivity contribution in [2.24, 2.45) is 7.05 Å². The highest BCUT2D eigenvalue weighted by atomic mass is 32.2. The number of fused-ring (bicyclic) bond motifs is 1. The van der Waals surface area contributed by atoms with Gasteiger partial charge in [0.1, 0.15) is 0 Å². The summed E-state index contributed by atoms with van der Waals surface area (Å²) in [5.74, 6) is 0.380. The Morgan fingerprint density at radius 1 is 1.22 bits per heavy atom. The van der Waals surface area contributed by atoms with E-state index in [0.717, 1.165) is 32.6 Å². The fourth-order valence-electron chi connectivity index (χ4n) is 2.81. The quantitative estimate of drug-likeness (QED) is 0.505. The maximum absolute atomic E-state index is 12.2. The van der Waals surface area contributed by atoms with Gasteiger partial charge in [0.25, 0.3) is 0 Å². The molecule has 0 radical (unpaired) electrons. The van der Waals surface area contributed by atoms with Crippen molar-refractivity contribution < 1.29 is 4.79 Å². The summed E-state index contributed by atoms with van der Waals surface area (Å²) >= 11 is 1.53. The zero-order valence-corrected chi connectivity index (χ0v) is 15.7. The number of hydrogen-bond donors (Lipinski definition) is 2. The highest BCUT2D eigenvalue weighted by molar-refractivity contribution is 8.00. The van der Waals surface area contributed by atoms with E-state index in [1.54, 1.807) is 17.1 Å². The third-order valence-corrected chi connectivity index (χ3v) is 5.28. The number of nitrogens with one attached hydrogen (secondary N) is 2. The Kier molecular flexibility index (Phi) is 4.93. The largest absolute Gasteiger partial charge is 0.360 e. The SMILES string of the molecule is Cn1cc(-c2ccc(CNC(=O)CSc3c[nH]c4ccccc34)cn2)cn1. The Hall–Kier alpha value is -3.06. The number of thioether (sulfide) groups is 1. The van der Waals surface area contributed by atoms with Gasteiger partial charge in [-0.15, -0.1) is 11.8 Å². The third kappa shape index (κ3) is 4.03. The number of rotatable bonds is 6. The van der Waals surface area contributed by atoms with Gasteiger partial charge >= 0.3 is 0 Å². The molecule has 1 aromatic carbocycles. The Morgan fingerprint density at radius 3 is 2.89 bits per heavy atom. The lowest BCUT2D eigenvalue weighted by Gasteiger charge is -2.05. The number of para-hydroxylation sites is 1. The fourth-order valence-corrected chi connectivity index (χ4v) is 3.68. The second-order valence-corrected chi connectivity index (χ2v) is 7.24. The molecule has 0 saturated heterocycles. The molecule has 3 aromatic heterocycles. The second-order valence-electron chi connectivity index (χ2n) is 6.22. The number of pyridine rings is 1. The topological polar surface area (TPSA) is 75.6 Å². The zero-order chi connectivity index (χ0) is 18.6. The van der Waals surface area contributed by atoms with E-state index in [-0.39, 0.29) is 5.91 Å². The van der Waals surface area contributed by atoms with Crippen molar-refractivity contribution in [3.05, 3.63) is 66.7 Å². The predicted molar refractivity (Wildman–Crippen MR) is 107 cm³/mol. The van der Waals surface area contributed by atoms with Gasteiger partial charge in [-0.1, -0.05) is 24.3 Å². The van der Waals surface area contributed by atoms with Crippen LogP contribution in [0, 0.1) is 0 Å². The number of amides is 1. The van der Waals surface area contributed by atoms with Crippen LogP contribution in [0.3, 0.4) is 0 Å². The molecule has 0 unspecified atom stereocenters. The van der Waals surface area contributed by atoms with E-state index in [1.807, 2.05) is 49.8 Å². The lowest BCUT2D eigenvalue weighted by atomic mass is 10.2.